The number of methoxy groups -OCH3 is 1. The normalized spacial score (nSPS) is 14.5. The molecule has 1 aliphatic heterocycles. The Kier molecular flexibility index (Phi) is 1.90. The Morgan fingerprint density at radius 2 is 2.31 bits per heavy atom. The summed E-state index contributed by atoms with van der Waals surface area (Å²) in [6.45, 7) is 0.354. The fourth-order valence-electron chi connectivity index (χ4n) is 1.40. The van der Waals surface area contributed by atoms with Gasteiger partial charge in [-0.2, -0.15) is 0 Å². The van der Waals surface area contributed by atoms with Crippen molar-refractivity contribution in [2.45, 2.75) is 6.61 Å². The third kappa shape index (κ3) is 1.26. The highest BCUT2D eigenvalue weighted by Gasteiger charge is 2.28. The molecule has 0 radical (unpaired) electrons. The van der Waals surface area contributed by atoms with Crippen LogP contribution in [0, 0.1) is 0 Å². The molecule has 0 saturated heterocycles. The van der Waals surface area contributed by atoms with Crippen LogP contribution in [0.4, 0.5) is 0 Å². The summed E-state index contributed by atoms with van der Waals surface area (Å²) in [5.41, 5.74) is 1.46. The minimum absolute atomic E-state index is 0.0193. The van der Waals surface area contributed by atoms with Crippen LogP contribution in [0.15, 0.2) is 12.1 Å². The van der Waals surface area contributed by atoms with Gasteiger partial charge in [-0.05, 0) is 23.2 Å². The van der Waals surface area contributed by atoms with Crippen LogP contribution in [0.3, 0.4) is 0 Å². The van der Waals surface area contributed by atoms with Gasteiger partial charge in [0.05, 0.1) is 13.7 Å². The van der Waals surface area contributed by atoms with E-state index in [-0.39, 0.29) is 5.75 Å². The lowest BCUT2D eigenvalue weighted by atomic mass is 9.79. The van der Waals surface area contributed by atoms with Gasteiger partial charge >= 0.3 is 7.12 Å². The van der Waals surface area contributed by atoms with Crippen LogP contribution in [-0.4, -0.2) is 24.4 Å². The Hall–Kier alpha value is -1.20. The molecule has 5 heteroatoms. The van der Waals surface area contributed by atoms with Gasteiger partial charge in [0.2, 0.25) is 0 Å². The van der Waals surface area contributed by atoms with Gasteiger partial charge in [0, 0.05) is 0 Å². The third-order valence-electron chi connectivity index (χ3n) is 2.10. The summed E-state index contributed by atoms with van der Waals surface area (Å²) in [7, 11) is 0.556. The Morgan fingerprint density at radius 3 is 3.00 bits per heavy atom. The van der Waals surface area contributed by atoms with Crippen molar-refractivity contribution in [2.75, 3.05) is 7.11 Å². The number of fused-ring (bicyclic) bond motifs is 1. The highest BCUT2D eigenvalue weighted by molar-refractivity contribution is 6.61. The number of rotatable bonds is 1. The maximum atomic E-state index is 9.40. The SMILES string of the molecule is COc1cc2c(cc1O)B(O)OC2. The maximum absolute atomic E-state index is 9.40. The lowest BCUT2D eigenvalue weighted by molar-refractivity contribution is 0.275. The highest BCUT2D eigenvalue weighted by atomic mass is 16.5. The van der Waals surface area contributed by atoms with E-state index in [1.54, 1.807) is 6.07 Å². The molecule has 0 fully saturated rings. The third-order valence-corrected chi connectivity index (χ3v) is 2.10. The quantitative estimate of drug-likeness (QED) is 0.578. The van der Waals surface area contributed by atoms with Crippen molar-refractivity contribution in [2.24, 2.45) is 0 Å². The molecular weight excluding hydrogens is 171 g/mol. The fraction of sp³-hybridized carbons (Fsp3) is 0.250. The second kappa shape index (κ2) is 2.94. The number of phenolic OH excluding ortho intramolecular Hbond substituents is 1. The second-order valence-electron chi connectivity index (χ2n) is 2.89. The largest absolute Gasteiger partial charge is 0.504 e. The summed E-state index contributed by atoms with van der Waals surface area (Å²) in [5.74, 6) is 0.419. The zero-order valence-electron chi connectivity index (χ0n) is 7.15. The van der Waals surface area contributed by atoms with Crippen molar-refractivity contribution in [1.82, 2.24) is 0 Å². The van der Waals surface area contributed by atoms with E-state index in [9.17, 15) is 10.1 Å². The molecule has 0 spiro atoms. The first kappa shape index (κ1) is 8.41. The zero-order valence-corrected chi connectivity index (χ0v) is 7.15. The molecule has 0 atom stereocenters. The van der Waals surface area contributed by atoms with Crippen LogP contribution >= 0.6 is 0 Å². The highest BCUT2D eigenvalue weighted by Crippen LogP contribution is 2.27. The molecule has 2 rings (SSSR count). The number of ether oxygens (including phenoxy) is 1. The van der Waals surface area contributed by atoms with E-state index in [1.807, 2.05) is 0 Å². The lowest BCUT2D eigenvalue weighted by Crippen LogP contribution is -2.27. The van der Waals surface area contributed by atoms with Crippen molar-refractivity contribution >= 4 is 12.6 Å². The van der Waals surface area contributed by atoms with Gasteiger partial charge in [0.25, 0.3) is 0 Å². The summed E-state index contributed by atoms with van der Waals surface area (Å²) in [5, 5.41) is 18.7. The first-order chi connectivity index (χ1) is 6.22. The van der Waals surface area contributed by atoms with Crippen molar-refractivity contribution in [1.29, 1.82) is 0 Å². The summed E-state index contributed by atoms with van der Waals surface area (Å²) >= 11 is 0. The molecule has 1 aromatic rings. The van der Waals surface area contributed by atoms with Crippen molar-refractivity contribution in [3.63, 3.8) is 0 Å². The second-order valence-corrected chi connectivity index (χ2v) is 2.89. The molecule has 68 valence electrons. The lowest BCUT2D eigenvalue weighted by Gasteiger charge is -2.05. The molecule has 1 aromatic carbocycles. The van der Waals surface area contributed by atoms with Gasteiger partial charge in [0.1, 0.15) is 0 Å². The molecule has 2 N–H and O–H groups in total. The summed E-state index contributed by atoms with van der Waals surface area (Å²) < 4.78 is 9.88. The molecular formula is C8H9BO4. The monoisotopic (exact) mass is 180 g/mol. The zero-order chi connectivity index (χ0) is 9.42. The molecule has 13 heavy (non-hydrogen) atoms. The van der Waals surface area contributed by atoms with Crippen LogP contribution in [0.5, 0.6) is 11.5 Å². The Morgan fingerprint density at radius 1 is 1.54 bits per heavy atom. The maximum Gasteiger partial charge on any atom is 0.491 e. The van der Waals surface area contributed by atoms with Crippen molar-refractivity contribution < 1.29 is 19.5 Å². The van der Waals surface area contributed by atoms with Crippen molar-refractivity contribution in [3.8, 4) is 11.5 Å². The van der Waals surface area contributed by atoms with Gasteiger partial charge in [0.15, 0.2) is 11.5 Å². The number of benzene rings is 1. The van der Waals surface area contributed by atoms with Crippen LogP contribution in [0.1, 0.15) is 5.56 Å². The molecule has 0 aromatic heterocycles. The number of hydrogen-bond donors (Lipinski definition) is 2. The first-order valence-corrected chi connectivity index (χ1v) is 3.92. The van der Waals surface area contributed by atoms with Crippen LogP contribution in [0.2, 0.25) is 0 Å². The van der Waals surface area contributed by atoms with E-state index in [1.165, 1.54) is 13.2 Å². The van der Waals surface area contributed by atoms with Crippen molar-refractivity contribution in [3.05, 3.63) is 17.7 Å². The predicted molar refractivity (Wildman–Crippen MR) is 47.1 cm³/mol. The molecule has 0 aliphatic carbocycles. The summed E-state index contributed by atoms with van der Waals surface area (Å²) in [6.07, 6.45) is 0. The predicted octanol–water partition coefficient (Wildman–Crippen LogP) is -0.382. The van der Waals surface area contributed by atoms with Gasteiger partial charge in [-0.3, -0.25) is 0 Å². The average molecular weight is 180 g/mol. The van der Waals surface area contributed by atoms with E-state index < -0.39 is 7.12 Å². The first-order valence-electron chi connectivity index (χ1n) is 3.92. The van der Waals surface area contributed by atoms with E-state index in [2.05, 4.69) is 0 Å². The van der Waals surface area contributed by atoms with E-state index >= 15 is 0 Å². The molecule has 1 aliphatic rings. The minimum atomic E-state index is -0.924. The van der Waals surface area contributed by atoms with Crippen LogP contribution in [0.25, 0.3) is 0 Å². The summed E-state index contributed by atoms with van der Waals surface area (Å²) in [6, 6.07) is 3.13. The Labute approximate surface area is 75.9 Å². The smallest absolute Gasteiger partial charge is 0.491 e. The summed E-state index contributed by atoms with van der Waals surface area (Å²) in [4.78, 5) is 0. The Bertz CT molecular complexity index is 339. The average Bonchev–Trinajstić information content (AvgIpc) is 2.47. The van der Waals surface area contributed by atoms with Gasteiger partial charge in [-0.1, -0.05) is 0 Å². The van der Waals surface area contributed by atoms with E-state index in [0.29, 0.717) is 17.8 Å². The number of aromatic hydroxyl groups is 1. The molecule has 0 amide bonds. The molecule has 1 heterocycles. The topological polar surface area (TPSA) is 58.9 Å². The van der Waals surface area contributed by atoms with Gasteiger partial charge in [-0.15, -0.1) is 0 Å². The molecule has 4 nitrogen and oxygen atoms in total. The van der Waals surface area contributed by atoms with E-state index in [4.69, 9.17) is 9.39 Å². The van der Waals surface area contributed by atoms with Gasteiger partial charge < -0.3 is 19.5 Å². The molecule has 0 unspecified atom stereocenters. The van der Waals surface area contributed by atoms with Gasteiger partial charge in [-0.25, -0.2) is 0 Å². The molecule has 0 bridgehead atoms. The van der Waals surface area contributed by atoms with E-state index in [0.717, 1.165) is 5.56 Å². The minimum Gasteiger partial charge on any atom is -0.504 e. The fourth-order valence-corrected chi connectivity index (χ4v) is 1.40. The van der Waals surface area contributed by atoms with Crippen LogP contribution in [-0.2, 0) is 11.3 Å². The Balaban J connectivity index is 2.50. The number of hydrogen-bond acceptors (Lipinski definition) is 4. The van der Waals surface area contributed by atoms with Crippen LogP contribution < -0.4 is 10.2 Å². The molecule has 0 saturated carbocycles. The standard InChI is InChI=1S/C8H9BO4/c1-12-8-2-5-4-13-9(11)6(5)3-7(8)10/h2-3,10-11H,4H2,1H3. The number of phenols is 1.